The Hall–Kier alpha value is -3.75. The molecule has 2 N–H and O–H groups in total. The molecule has 198 valence electrons. The van der Waals surface area contributed by atoms with Gasteiger partial charge in [0.15, 0.2) is 17.4 Å². The molecule has 1 heterocycles. The van der Waals surface area contributed by atoms with Crippen molar-refractivity contribution in [3.8, 4) is 22.8 Å². The molecule has 0 aliphatic rings. The van der Waals surface area contributed by atoms with Crippen molar-refractivity contribution in [3.05, 3.63) is 75.2 Å². The third-order valence-electron chi connectivity index (χ3n) is 4.68. The van der Waals surface area contributed by atoms with Crippen LogP contribution in [0.25, 0.3) is 11.3 Å². The zero-order valence-electron chi connectivity index (χ0n) is 19.2. The molecule has 15 heteroatoms. The second-order valence-electron chi connectivity index (χ2n) is 7.75. The lowest BCUT2D eigenvalue weighted by atomic mass is 10.1. The van der Waals surface area contributed by atoms with Crippen LogP contribution in [0.1, 0.15) is 12.0 Å². The Bertz CT molecular complexity index is 1390. The molecule has 3 aromatic rings. The summed E-state index contributed by atoms with van der Waals surface area (Å²) in [5, 5.41) is 19.9. The highest BCUT2D eigenvalue weighted by Crippen LogP contribution is 2.28. The van der Waals surface area contributed by atoms with Crippen molar-refractivity contribution in [1.29, 1.82) is 0 Å². The summed E-state index contributed by atoms with van der Waals surface area (Å²) in [6.07, 6.45) is 0.872. The molecular weight excluding hydrogens is 538 g/mol. The van der Waals surface area contributed by atoms with Gasteiger partial charge in [0, 0.05) is 23.8 Å². The quantitative estimate of drug-likeness (QED) is 0.100. The first-order valence-corrected chi connectivity index (χ1v) is 13.2. The van der Waals surface area contributed by atoms with Crippen LogP contribution >= 0.6 is 11.6 Å². The fourth-order valence-electron chi connectivity index (χ4n) is 3.23. The zero-order chi connectivity index (χ0) is 27.2. The van der Waals surface area contributed by atoms with E-state index in [1.807, 2.05) is 0 Å². The van der Waals surface area contributed by atoms with Gasteiger partial charge < -0.3 is 19.1 Å². The molecule has 37 heavy (non-hydrogen) atoms. The first kappa shape index (κ1) is 27.8. The van der Waals surface area contributed by atoms with Crippen LogP contribution in [0.5, 0.6) is 11.5 Å². The topological polar surface area (TPSA) is 157 Å². The summed E-state index contributed by atoms with van der Waals surface area (Å²) in [6.45, 7) is 0.0238. The van der Waals surface area contributed by atoms with Crippen LogP contribution < -0.4 is 9.47 Å². The summed E-state index contributed by atoms with van der Waals surface area (Å²) in [5.41, 5.74) is 0.0777. The number of nitrogens with zero attached hydrogens (tertiary/aromatic N) is 4. The van der Waals surface area contributed by atoms with Crippen molar-refractivity contribution in [2.75, 3.05) is 19.5 Å². The number of nitro groups is 1. The minimum atomic E-state index is -3.25. The van der Waals surface area contributed by atoms with E-state index in [1.54, 1.807) is 0 Å². The SMILES string of the molecule is C[SH](O)(Cc1cc(OCCCOc2cc(-c3nc(Cl)ncc3F)ccc2F)cc([N+](=O)[O-])c1)=NC(=O)O. The number of halogens is 3. The molecule has 0 saturated heterocycles. The van der Waals surface area contributed by atoms with Crippen LogP contribution in [0.4, 0.5) is 19.3 Å². The third kappa shape index (κ3) is 8.13. The molecule has 0 radical (unpaired) electrons. The summed E-state index contributed by atoms with van der Waals surface area (Å²) in [4.78, 5) is 28.8. The Labute approximate surface area is 215 Å². The number of carbonyl (C=O) groups is 1. The average Bonchev–Trinajstić information content (AvgIpc) is 2.80. The van der Waals surface area contributed by atoms with Gasteiger partial charge in [-0.3, -0.25) is 10.1 Å². The molecule has 0 atom stereocenters. The number of ether oxygens (including phenoxy) is 2. The molecule has 0 bridgehead atoms. The monoisotopic (exact) mass is 558 g/mol. The highest BCUT2D eigenvalue weighted by atomic mass is 35.5. The van der Waals surface area contributed by atoms with E-state index in [4.69, 9.17) is 26.2 Å². The summed E-state index contributed by atoms with van der Waals surface area (Å²) in [7, 11) is -3.25. The molecule has 1 aromatic heterocycles. The standard InChI is InChI=1S/C22H21ClF2N4O7S/c1-37(34,28-22(30)31)12-13-7-15(29(32)33)10-16(8-13)35-5-2-6-36-19-9-14(3-4-17(19)24)20-18(25)11-26-21(23)27-20/h3-4,7-11,37H,2,5-6,12H2,1H3,(H,28,34)(H,30,31). The van der Waals surface area contributed by atoms with Gasteiger partial charge in [-0.05, 0) is 47.7 Å². The fraction of sp³-hybridized carbons (Fsp3) is 0.227. The van der Waals surface area contributed by atoms with E-state index in [2.05, 4.69) is 14.3 Å². The molecular formula is C22H21ClF2N4O7S. The van der Waals surface area contributed by atoms with E-state index in [0.29, 0.717) is 0 Å². The average molecular weight is 559 g/mol. The maximum atomic E-state index is 14.2. The van der Waals surface area contributed by atoms with Crippen LogP contribution in [0, 0.1) is 21.7 Å². The van der Waals surface area contributed by atoms with Crippen molar-refractivity contribution < 1.29 is 37.6 Å². The Morgan fingerprint density at radius 2 is 1.92 bits per heavy atom. The summed E-state index contributed by atoms with van der Waals surface area (Å²) < 4.78 is 52.7. The lowest BCUT2D eigenvalue weighted by Crippen LogP contribution is -2.13. The van der Waals surface area contributed by atoms with E-state index in [0.717, 1.165) is 12.3 Å². The maximum Gasteiger partial charge on any atom is 0.437 e. The number of amides is 1. The van der Waals surface area contributed by atoms with Crippen molar-refractivity contribution in [2.45, 2.75) is 12.2 Å². The highest BCUT2D eigenvalue weighted by Gasteiger charge is 2.15. The normalized spacial score (nSPS) is 11.6. The highest BCUT2D eigenvalue weighted by molar-refractivity contribution is 7.98. The second-order valence-corrected chi connectivity index (χ2v) is 10.8. The number of aromatic nitrogens is 2. The van der Waals surface area contributed by atoms with Crippen LogP contribution in [0.15, 0.2) is 47.0 Å². The summed E-state index contributed by atoms with van der Waals surface area (Å²) in [6, 6.07) is 7.49. The number of non-ortho nitro benzene ring substituents is 1. The lowest BCUT2D eigenvalue weighted by Gasteiger charge is -2.17. The predicted octanol–water partition coefficient (Wildman–Crippen LogP) is 5.18. The van der Waals surface area contributed by atoms with Crippen LogP contribution in [-0.2, 0) is 15.9 Å². The van der Waals surface area contributed by atoms with Gasteiger partial charge in [0.05, 0.1) is 30.4 Å². The third-order valence-corrected chi connectivity index (χ3v) is 6.43. The van der Waals surface area contributed by atoms with Gasteiger partial charge in [-0.1, -0.05) is 10.1 Å². The van der Waals surface area contributed by atoms with Gasteiger partial charge in [-0.15, -0.1) is 0 Å². The Morgan fingerprint density at radius 1 is 1.19 bits per heavy atom. The lowest BCUT2D eigenvalue weighted by molar-refractivity contribution is -0.385. The maximum absolute atomic E-state index is 14.2. The first-order chi connectivity index (χ1) is 17.4. The van der Waals surface area contributed by atoms with E-state index in [9.17, 15) is 28.2 Å². The van der Waals surface area contributed by atoms with Gasteiger partial charge in [0.25, 0.3) is 5.69 Å². The molecule has 2 aromatic carbocycles. The van der Waals surface area contributed by atoms with Crippen molar-refractivity contribution in [3.63, 3.8) is 0 Å². The molecule has 0 fully saturated rings. The van der Waals surface area contributed by atoms with Gasteiger partial charge in [-0.25, -0.2) is 23.5 Å². The molecule has 1 amide bonds. The molecule has 0 aliphatic carbocycles. The smallest absolute Gasteiger partial charge is 0.437 e. The number of thiol groups is 1. The van der Waals surface area contributed by atoms with Crippen LogP contribution in [0.3, 0.4) is 0 Å². The summed E-state index contributed by atoms with van der Waals surface area (Å²) in [5.74, 6) is -1.67. The number of hydrogen-bond donors (Lipinski definition) is 3. The Morgan fingerprint density at radius 3 is 2.62 bits per heavy atom. The molecule has 0 saturated carbocycles. The zero-order valence-corrected chi connectivity index (χ0v) is 20.8. The Kier molecular flexibility index (Phi) is 9.02. The molecule has 0 unspecified atom stereocenters. The van der Waals surface area contributed by atoms with Gasteiger partial charge in [0.2, 0.25) is 5.28 Å². The minimum absolute atomic E-state index is 0.00704. The first-order valence-electron chi connectivity index (χ1n) is 10.5. The van der Waals surface area contributed by atoms with Crippen molar-refractivity contribution in [2.24, 2.45) is 4.36 Å². The van der Waals surface area contributed by atoms with Gasteiger partial charge in [0.1, 0.15) is 11.4 Å². The second kappa shape index (κ2) is 12.0. The number of hydrogen-bond acceptors (Lipinski definition) is 7. The van der Waals surface area contributed by atoms with Gasteiger partial charge >= 0.3 is 6.09 Å². The minimum Gasteiger partial charge on any atom is -0.493 e. The van der Waals surface area contributed by atoms with E-state index in [1.165, 1.54) is 36.6 Å². The van der Waals surface area contributed by atoms with Crippen LogP contribution in [0.2, 0.25) is 5.28 Å². The van der Waals surface area contributed by atoms with E-state index in [-0.39, 0.29) is 64.7 Å². The fourth-order valence-corrected chi connectivity index (χ4v) is 4.68. The van der Waals surface area contributed by atoms with Crippen LogP contribution in [-0.4, -0.2) is 50.1 Å². The Balaban J connectivity index is 1.64. The van der Waals surface area contributed by atoms with Crippen molar-refractivity contribution in [1.82, 2.24) is 9.97 Å². The number of rotatable bonds is 10. The molecule has 3 rings (SSSR count). The molecule has 0 spiro atoms. The van der Waals surface area contributed by atoms with E-state index >= 15 is 0 Å². The largest absolute Gasteiger partial charge is 0.493 e. The molecule has 0 aliphatic heterocycles. The number of benzene rings is 2. The predicted molar refractivity (Wildman–Crippen MR) is 133 cm³/mol. The van der Waals surface area contributed by atoms with Crippen molar-refractivity contribution >= 4 is 33.5 Å². The summed E-state index contributed by atoms with van der Waals surface area (Å²) >= 11 is 5.71. The number of nitro benzene ring substituents is 1. The van der Waals surface area contributed by atoms with Gasteiger partial charge in [-0.2, -0.15) is 4.36 Å². The molecule has 11 nitrogen and oxygen atoms in total. The van der Waals surface area contributed by atoms with E-state index < -0.39 is 32.8 Å². The number of carboxylic acid groups (broad SMARTS) is 1.